The summed E-state index contributed by atoms with van der Waals surface area (Å²) in [4.78, 5) is 22.8. The molecule has 0 aliphatic heterocycles. The largest absolute Gasteiger partial charge is 0.479 e. The lowest BCUT2D eigenvalue weighted by Crippen LogP contribution is -2.41. The summed E-state index contributed by atoms with van der Waals surface area (Å²) in [5, 5.41) is 24.4. The third-order valence-electron chi connectivity index (χ3n) is 4.73. The average Bonchev–Trinajstić information content (AvgIpc) is 2.64. The molecule has 0 heterocycles. The highest BCUT2D eigenvalue weighted by atomic mass is 16.4. The molecule has 1 fully saturated rings. The van der Waals surface area contributed by atoms with E-state index in [0.29, 0.717) is 11.6 Å². The fourth-order valence-corrected chi connectivity index (χ4v) is 2.93. The molecule has 1 saturated carbocycles. The van der Waals surface area contributed by atoms with Crippen molar-refractivity contribution in [1.82, 2.24) is 5.32 Å². The first-order valence-electron chi connectivity index (χ1n) is 9.12. The van der Waals surface area contributed by atoms with Gasteiger partial charge in [0.1, 0.15) is 0 Å². The first-order chi connectivity index (χ1) is 12.4. The van der Waals surface area contributed by atoms with Gasteiger partial charge in [0.15, 0.2) is 5.60 Å². The van der Waals surface area contributed by atoms with Crippen LogP contribution < -0.4 is 10.6 Å². The number of aliphatic hydroxyl groups is 1. The van der Waals surface area contributed by atoms with Crippen molar-refractivity contribution < 1.29 is 19.8 Å². The summed E-state index contributed by atoms with van der Waals surface area (Å²) < 4.78 is 0. The van der Waals surface area contributed by atoms with Crippen LogP contribution in [-0.4, -0.2) is 40.8 Å². The minimum atomic E-state index is -1.82. The molecule has 2 rings (SSSR count). The van der Waals surface area contributed by atoms with Crippen LogP contribution in [0.1, 0.15) is 44.6 Å². The lowest BCUT2D eigenvalue weighted by Gasteiger charge is -2.21. The van der Waals surface area contributed by atoms with Crippen molar-refractivity contribution in [2.75, 3.05) is 18.4 Å². The van der Waals surface area contributed by atoms with Gasteiger partial charge in [-0.3, -0.25) is 4.79 Å². The van der Waals surface area contributed by atoms with Gasteiger partial charge in [-0.25, -0.2) is 4.79 Å². The Balaban J connectivity index is 1.77. The SMILES string of the molecule is CC(O)(CNc1ccc(/C=C/C(=O)NCC2CCCCC2)cc1)C(=O)O. The normalized spacial score (nSPS) is 17.6. The highest BCUT2D eigenvalue weighted by Gasteiger charge is 2.29. The zero-order valence-electron chi connectivity index (χ0n) is 15.2. The van der Waals surface area contributed by atoms with Crippen LogP contribution in [0.5, 0.6) is 0 Å². The lowest BCUT2D eigenvalue weighted by molar-refractivity contribution is -0.155. The Morgan fingerprint density at radius 3 is 2.46 bits per heavy atom. The molecule has 1 aromatic carbocycles. The fourth-order valence-electron chi connectivity index (χ4n) is 2.93. The smallest absolute Gasteiger partial charge is 0.337 e. The van der Waals surface area contributed by atoms with E-state index in [1.165, 1.54) is 45.1 Å². The quantitative estimate of drug-likeness (QED) is 0.534. The van der Waals surface area contributed by atoms with E-state index >= 15 is 0 Å². The summed E-state index contributed by atoms with van der Waals surface area (Å²) in [6.07, 6.45) is 9.51. The van der Waals surface area contributed by atoms with E-state index in [0.717, 1.165) is 12.1 Å². The van der Waals surface area contributed by atoms with E-state index in [1.54, 1.807) is 18.2 Å². The van der Waals surface area contributed by atoms with Gasteiger partial charge in [-0.15, -0.1) is 0 Å². The summed E-state index contributed by atoms with van der Waals surface area (Å²) in [6.45, 7) is 1.89. The maximum Gasteiger partial charge on any atom is 0.337 e. The minimum absolute atomic E-state index is 0.0877. The molecule has 26 heavy (non-hydrogen) atoms. The molecule has 6 heteroatoms. The predicted molar refractivity (Wildman–Crippen MR) is 102 cm³/mol. The van der Waals surface area contributed by atoms with Crippen LogP contribution in [0.15, 0.2) is 30.3 Å². The van der Waals surface area contributed by atoms with Crippen molar-refractivity contribution in [2.24, 2.45) is 5.92 Å². The van der Waals surface area contributed by atoms with E-state index in [9.17, 15) is 14.7 Å². The number of amides is 1. The van der Waals surface area contributed by atoms with Crippen LogP contribution in [0, 0.1) is 5.92 Å². The highest BCUT2D eigenvalue weighted by molar-refractivity contribution is 5.91. The topological polar surface area (TPSA) is 98.7 Å². The number of nitrogens with one attached hydrogen (secondary N) is 2. The van der Waals surface area contributed by atoms with Crippen molar-refractivity contribution in [1.29, 1.82) is 0 Å². The van der Waals surface area contributed by atoms with Crippen LogP contribution in [0.3, 0.4) is 0 Å². The summed E-state index contributed by atoms with van der Waals surface area (Å²) in [7, 11) is 0. The molecular weight excluding hydrogens is 332 g/mol. The van der Waals surface area contributed by atoms with Gasteiger partial charge in [-0.05, 0) is 49.5 Å². The number of rotatable bonds is 8. The Hall–Kier alpha value is -2.34. The number of hydrogen-bond donors (Lipinski definition) is 4. The third-order valence-corrected chi connectivity index (χ3v) is 4.73. The second-order valence-electron chi connectivity index (χ2n) is 7.14. The molecule has 1 unspecified atom stereocenters. The predicted octanol–water partition coefficient (Wildman–Crippen LogP) is 2.64. The molecule has 1 aliphatic rings. The summed E-state index contributed by atoms with van der Waals surface area (Å²) in [5.41, 5.74) is -0.256. The van der Waals surface area contributed by atoms with Crippen molar-refractivity contribution >= 4 is 23.6 Å². The molecule has 4 N–H and O–H groups in total. The van der Waals surface area contributed by atoms with Gasteiger partial charge >= 0.3 is 5.97 Å². The van der Waals surface area contributed by atoms with Gasteiger partial charge in [0.25, 0.3) is 0 Å². The molecule has 0 bridgehead atoms. The molecule has 0 spiro atoms. The molecule has 1 amide bonds. The molecule has 6 nitrogen and oxygen atoms in total. The van der Waals surface area contributed by atoms with E-state index < -0.39 is 11.6 Å². The first kappa shape index (κ1) is 20.0. The zero-order valence-corrected chi connectivity index (χ0v) is 15.2. The number of carboxylic acids is 1. The number of carbonyl (C=O) groups excluding carboxylic acids is 1. The van der Waals surface area contributed by atoms with Crippen LogP contribution in [0.4, 0.5) is 5.69 Å². The third kappa shape index (κ3) is 6.52. The molecule has 0 aromatic heterocycles. The van der Waals surface area contributed by atoms with Crippen molar-refractivity contribution in [2.45, 2.75) is 44.6 Å². The first-order valence-corrected chi connectivity index (χ1v) is 9.12. The van der Waals surface area contributed by atoms with Crippen LogP contribution in [0.25, 0.3) is 6.08 Å². The summed E-state index contributed by atoms with van der Waals surface area (Å²) >= 11 is 0. The molecule has 1 aromatic rings. The second-order valence-corrected chi connectivity index (χ2v) is 7.14. The van der Waals surface area contributed by atoms with Gasteiger partial charge in [0.05, 0.1) is 6.54 Å². The Morgan fingerprint density at radius 2 is 1.85 bits per heavy atom. The van der Waals surface area contributed by atoms with Gasteiger partial charge in [-0.1, -0.05) is 31.4 Å². The minimum Gasteiger partial charge on any atom is -0.479 e. The molecule has 0 saturated heterocycles. The van der Waals surface area contributed by atoms with Gasteiger partial charge < -0.3 is 20.8 Å². The van der Waals surface area contributed by atoms with Crippen LogP contribution >= 0.6 is 0 Å². The fraction of sp³-hybridized carbons (Fsp3) is 0.500. The van der Waals surface area contributed by atoms with E-state index in [1.807, 2.05) is 12.1 Å². The van der Waals surface area contributed by atoms with Gasteiger partial charge in [0.2, 0.25) is 5.91 Å². The van der Waals surface area contributed by atoms with Crippen molar-refractivity contribution in [3.63, 3.8) is 0 Å². The van der Waals surface area contributed by atoms with E-state index in [2.05, 4.69) is 10.6 Å². The number of hydrogen-bond acceptors (Lipinski definition) is 4. The molecule has 142 valence electrons. The lowest BCUT2D eigenvalue weighted by atomic mass is 9.89. The number of carbonyl (C=O) groups is 2. The molecule has 1 atom stereocenters. The number of anilines is 1. The van der Waals surface area contributed by atoms with Crippen LogP contribution in [-0.2, 0) is 9.59 Å². The second kappa shape index (κ2) is 9.38. The summed E-state index contributed by atoms with van der Waals surface area (Å²) in [6, 6.07) is 7.19. The standard InChI is InChI=1S/C20H28N2O4/c1-20(26,19(24)25)14-22-17-10-7-15(8-11-17)9-12-18(23)21-13-16-5-3-2-4-6-16/h7-12,16,22,26H,2-6,13-14H2,1H3,(H,21,23)(H,24,25)/b12-9+. The van der Waals surface area contributed by atoms with Crippen molar-refractivity contribution in [3.8, 4) is 0 Å². The Morgan fingerprint density at radius 1 is 1.19 bits per heavy atom. The average molecular weight is 360 g/mol. The van der Waals surface area contributed by atoms with E-state index in [-0.39, 0.29) is 12.5 Å². The van der Waals surface area contributed by atoms with E-state index in [4.69, 9.17) is 5.11 Å². The molecule has 0 radical (unpaired) electrons. The van der Waals surface area contributed by atoms with Crippen molar-refractivity contribution in [3.05, 3.63) is 35.9 Å². The van der Waals surface area contributed by atoms with Gasteiger partial charge in [0, 0.05) is 18.3 Å². The maximum absolute atomic E-state index is 11.9. The Kier molecular flexibility index (Phi) is 7.21. The van der Waals surface area contributed by atoms with Crippen LogP contribution in [0.2, 0.25) is 0 Å². The highest BCUT2D eigenvalue weighted by Crippen LogP contribution is 2.22. The maximum atomic E-state index is 11.9. The Labute approximate surface area is 154 Å². The zero-order chi connectivity index (χ0) is 19.0. The Bertz CT molecular complexity index is 632. The molecule has 1 aliphatic carbocycles. The number of carboxylic acid groups (broad SMARTS) is 1. The number of aliphatic carboxylic acids is 1. The monoisotopic (exact) mass is 360 g/mol. The summed E-state index contributed by atoms with van der Waals surface area (Å²) in [5.74, 6) is -0.756. The number of benzene rings is 1. The molecular formula is C20H28N2O4. The van der Waals surface area contributed by atoms with Gasteiger partial charge in [-0.2, -0.15) is 0 Å².